The molecule has 30 heavy (non-hydrogen) atoms. The molecule has 2 unspecified atom stereocenters. The number of ether oxygens (including phenoxy) is 1. The molecule has 6 heteroatoms. The average Bonchev–Trinajstić information content (AvgIpc) is 3.20. The van der Waals surface area contributed by atoms with Gasteiger partial charge in [-0.2, -0.15) is 0 Å². The van der Waals surface area contributed by atoms with Gasteiger partial charge in [0.05, 0.1) is 6.10 Å². The summed E-state index contributed by atoms with van der Waals surface area (Å²) in [5.74, 6) is 0.554. The van der Waals surface area contributed by atoms with Crippen LogP contribution in [0, 0.1) is 6.92 Å². The number of aliphatic hydroxyl groups excluding tert-OH is 1. The molecular formula is C24H29NO5. The summed E-state index contributed by atoms with van der Waals surface area (Å²) in [6.45, 7) is 3.66. The maximum Gasteiger partial charge on any atom is 0.339 e. The Bertz CT molecular complexity index is 1040. The number of carbonyl (C=O) groups is 1. The van der Waals surface area contributed by atoms with E-state index in [2.05, 4.69) is 0 Å². The van der Waals surface area contributed by atoms with Crippen LogP contribution >= 0.6 is 0 Å². The molecule has 3 aliphatic rings. The zero-order valence-electron chi connectivity index (χ0n) is 17.6. The maximum absolute atomic E-state index is 13.3. The van der Waals surface area contributed by atoms with Crippen LogP contribution in [-0.4, -0.2) is 40.2 Å². The van der Waals surface area contributed by atoms with Crippen LogP contribution in [0.1, 0.15) is 62.1 Å². The molecule has 160 valence electrons. The first-order valence-corrected chi connectivity index (χ1v) is 11.2. The number of benzene rings is 1. The van der Waals surface area contributed by atoms with E-state index in [1.165, 1.54) is 0 Å². The average molecular weight is 411 g/mol. The van der Waals surface area contributed by atoms with Crippen molar-refractivity contribution in [2.45, 2.75) is 89.5 Å². The highest BCUT2D eigenvalue weighted by atomic mass is 16.5. The largest absolute Gasteiger partial charge is 0.480 e. The van der Waals surface area contributed by atoms with Gasteiger partial charge in [0.2, 0.25) is 0 Å². The molecule has 1 amide bonds. The number of hydrogen-bond acceptors (Lipinski definition) is 5. The molecule has 2 fully saturated rings. The molecule has 2 aliphatic heterocycles. The molecule has 2 aromatic rings. The van der Waals surface area contributed by atoms with Gasteiger partial charge in [-0.05, 0) is 82.9 Å². The highest BCUT2D eigenvalue weighted by Crippen LogP contribution is 2.36. The summed E-state index contributed by atoms with van der Waals surface area (Å²) in [5, 5.41) is 11.1. The van der Waals surface area contributed by atoms with Crippen molar-refractivity contribution in [3.8, 4) is 5.75 Å². The standard InChI is InChI=1S/C24H29NO5/c1-13-21(10-9-19-18-7-4-8-20(18)24(28)30-22(13)19)29-14(2)23(27)25-15-5-3-6-16(25)12-17(26)11-15/h9-10,14-17,26H,3-8,11-12H2,1-2H3/t14?,15-,16+,17?. The molecule has 3 heterocycles. The molecule has 1 aliphatic carbocycles. The minimum absolute atomic E-state index is 0.0218. The Morgan fingerprint density at radius 3 is 2.60 bits per heavy atom. The molecule has 4 atom stereocenters. The minimum Gasteiger partial charge on any atom is -0.480 e. The fraction of sp³-hybridized carbons (Fsp3) is 0.583. The second kappa shape index (κ2) is 7.41. The molecule has 0 radical (unpaired) electrons. The van der Waals surface area contributed by atoms with Gasteiger partial charge in [-0.3, -0.25) is 4.79 Å². The Balaban J connectivity index is 1.41. The first-order valence-electron chi connectivity index (χ1n) is 11.2. The second-order valence-electron chi connectivity index (χ2n) is 9.13. The van der Waals surface area contributed by atoms with Crippen molar-refractivity contribution in [1.29, 1.82) is 0 Å². The highest BCUT2D eigenvalue weighted by Gasteiger charge is 2.42. The summed E-state index contributed by atoms with van der Waals surface area (Å²) >= 11 is 0. The lowest BCUT2D eigenvalue weighted by molar-refractivity contribution is -0.151. The van der Waals surface area contributed by atoms with Crippen molar-refractivity contribution >= 4 is 16.9 Å². The van der Waals surface area contributed by atoms with E-state index in [9.17, 15) is 14.7 Å². The van der Waals surface area contributed by atoms with Crippen molar-refractivity contribution < 1.29 is 19.1 Å². The third kappa shape index (κ3) is 3.13. The van der Waals surface area contributed by atoms with E-state index >= 15 is 0 Å². The summed E-state index contributed by atoms with van der Waals surface area (Å²) in [7, 11) is 0. The van der Waals surface area contributed by atoms with Gasteiger partial charge in [0.1, 0.15) is 11.3 Å². The lowest BCUT2D eigenvalue weighted by Gasteiger charge is -2.48. The molecule has 1 aromatic carbocycles. The Morgan fingerprint density at radius 2 is 1.87 bits per heavy atom. The number of piperidine rings is 2. The van der Waals surface area contributed by atoms with Gasteiger partial charge in [0.25, 0.3) is 5.91 Å². The molecule has 2 bridgehead atoms. The normalized spacial score (nSPS) is 26.5. The quantitative estimate of drug-likeness (QED) is 0.784. The third-order valence-electron chi connectivity index (χ3n) is 7.20. The van der Waals surface area contributed by atoms with Crippen LogP contribution in [0.4, 0.5) is 0 Å². The number of aliphatic hydroxyl groups is 1. The number of fused-ring (bicyclic) bond motifs is 5. The van der Waals surface area contributed by atoms with Gasteiger partial charge in [-0.1, -0.05) is 0 Å². The highest BCUT2D eigenvalue weighted by molar-refractivity contribution is 5.87. The van der Waals surface area contributed by atoms with E-state index < -0.39 is 6.10 Å². The molecule has 1 N–H and O–H groups in total. The SMILES string of the molecule is Cc1c(OC(C)C(=O)N2[C@@H]3CCC[C@H]2CC(O)C3)ccc2c3c(c(=O)oc12)CCC3. The second-order valence-corrected chi connectivity index (χ2v) is 9.13. The van der Waals surface area contributed by atoms with Gasteiger partial charge in [-0.15, -0.1) is 0 Å². The van der Waals surface area contributed by atoms with Crippen LogP contribution in [0.25, 0.3) is 11.0 Å². The van der Waals surface area contributed by atoms with E-state index in [0.29, 0.717) is 24.2 Å². The molecule has 0 saturated carbocycles. The summed E-state index contributed by atoms with van der Waals surface area (Å²) in [5.41, 5.74) is 2.97. The summed E-state index contributed by atoms with van der Waals surface area (Å²) in [4.78, 5) is 27.6. The lowest BCUT2D eigenvalue weighted by atomic mass is 9.82. The Kier molecular flexibility index (Phi) is 4.85. The number of hydrogen-bond donors (Lipinski definition) is 1. The summed E-state index contributed by atoms with van der Waals surface area (Å²) in [6, 6.07) is 4.04. The van der Waals surface area contributed by atoms with E-state index in [-0.39, 0.29) is 29.7 Å². The van der Waals surface area contributed by atoms with Crippen LogP contribution in [0.2, 0.25) is 0 Å². The molecule has 2 saturated heterocycles. The van der Waals surface area contributed by atoms with Gasteiger partial charge in [-0.25, -0.2) is 4.79 Å². The van der Waals surface area contributed by atoms with E-state index in [0.717, 1.165) is 60.6 Å². The molecular weight excluding hydrogens is 382 g/mol. The Morgan fingerprint density at radius 1 is 1.17 bits per heavy atom. The topological polar surface area (TPSA) is 80.0 Å². The van der Waals surface area contributed by atoms with Gasteiger partial charge >= 0.3 is 5.63 Å². The Labute approximate surface area is 175 Å². The number of nitrogens with zero attached hydrogens (tertiary/aromatic N) is 1. The van der Waals surface area contributed by atoms with Gasteiger partial charge < -0.3 is 19.2 Å². The monoisotopic (exact) mass is 411 g/mol. The number of rotatable bonds is 3. The van der Waals surface area contributed by atoms with Crippen molar-refractivity contribution in [3.63, 3.8) is 0 Å². The van der Waals surface area contributed by atoms with Crippen LogP contribution in [-0.2, 0) is 17.6 Å². The smallest absolute Gasteiger partial charge is 0.339 e. The molecule has 1 aromatic heterocycles. The molecule has 0 spiro atoms. The van der Waals surface area contributed by atoms with E-state index in [4.69, 9.17) is 9.15 Å². The predicted molar refractivity (Wildman–Crippen MR) is 113 cm³/mol. The van der Waals surface area contributed by atoms with Crippen molar-refractivity contribution in [2.24, 2.45) is 0 Å². The van der Waals surface area contributed by atoms with E-state index in [1.807, 2.05) is 24.0 Å². The van der Waals surface area contributed by atoms with Crippen LogP contribution in [0.3, 0.4) is 0 Å². The van der Waals surface area contributed by atoms with Crippen molar-refractivity contribution in [2.75, 3.05) is 0 Å². The minimum atomic E-state index is -0.638. The predicted octanol–water partition coefficient (Wildman–Crippen LogP) is 3.26. The number of amides is 1. The third-order valence-corrected chi connectivity index (χ3v) is 7.20. The number of aryl methyl sites for hydroxylation is 2. The summed E-state index contributed by atoms with van der Waals surface area (Å²) in [6.07, 6.45) is 6.00. The van der Waals surface area contributed by atoms with E-state index in [1.54, 1.807) is 6.92 Å². The van der Waals surface area contributed by atoms with Crippen LogP contribution in [0.5, 0.6) is 5.75 Å². The fourth-order valence-corrected chi connectivity index (χ4v) is 5.75. The zero-order chi connectivity index (χ0) is 21.0. The van der Waals surface area contributed by atoms with Crippen LogP contribution in [0.15, 0.2) is 21.3 Å². The first-order chi connectivity index (χ1) is 14.4. The molecule has 5 rings (SSSR count). The van der Waals surface area contributed by atoms with Gasteiger partial charge in [0, 0.05) is 28.6 Å². The van der Waals surface area contributed by atoms with Crippen molar-refractivity contribution in [3.05, 3.63) is 39.2 Å². The van der Waals surface area contributed by atoms with Crippen molar-refractivity contribution in [1.82, 2.24) is 4.90 Å². The number of carbonyl (C=O) groups excluding carboxylic acids is 1. The lowest BCUT2D eigenvalue weighted by Crippen LogP contribution is -2.58. The molecule has 6 nitrogen and oxygen atoms in total. The Hall–Kier alpha value is -2.34. The first kappa shape index (κ1) is 19.6. The van der Waals surface area contributed by atoms with Crippen LogP contribution < -0.4 is 10.4 Å². The fourth-order valence-electron chi connectivity index (χ4n) is 5.75. The summed E-state index contributed by atoms with van der Waals surface area (Å²) < 4.78 is 11.8. The zero-order valence-corrected chi connectivity index (χ0v) is 17.6. The van der Waals surface area contributed by atoms with Gasteiger partial charge in [0.15, 0.2) is 6.10 Å². The maximum atomic E-state index is 13.3.